The number of aromatic amines is 1. The second-order valence-corrected chi connectivity index (χ2v) is 3.15. The van der Waals surface area contributed by atoms with E-state index in [9.17, 15) is 4.79 Å². The molecule has 0 aliphatic rings. The van der Waals surface area contributed by atoms with E-state index in [1.165, 1.54) is 7.11 Å². The Balaban J connectivity index is 2.27. The van der Waals surface area contributed by atoms with E-state index in [1.54, 1.807) is 6.20 Å². The molecule has 0 atom stereocenters. The first-order chi connectivity index (χ1) is 7.81. The Bertz CT molecular complexity index is 575. The summed E-state index contributed by atoms with van der Waals surface area (Å²) in [5.74, 6) is 5.37. The number of hydrogen-bond acceptors (Lipinski definition) is 3. The van der Waals surface area contributed by atoms with Gasteiger partial charge in [-0.15, -0.1) is 0 Å². The number of rotatable bonds is 1. The second kappa shape index (κ2) is 4.49. The highest BCUT2D eigenvalue weighted by atomic mass is 16.5. The number of ether oxygens (including phenoxy) is 1. The van der Waals surface area contributed by atoms with Gasteiger partial charge in [0.05, 0.1) is 7.11 Å². The second-order valence-electron chi connectivity index (χ2n) is 3.15. The Kier molecular flexibility index (Phi) is 2.88. The summed E-state index contributed by atoms with van der Waals surface area (Å²) in [4.78, 5) is 18.0. The van der Waals surface area contributed by atoms with E-state index in [0.29, 0.717) is 0 Å². The molecule has 0 amide bonds. The summed E-state index contributed by atoms with van der Waals surface area (Å²) in [6.45, 7) is 0. The van der Waals surface area contributed by atoms with Gasteiger partial charge < -0.3 is 9.72 Å². The molecule has 0 aliphatic heterocycles. The largest absolute Gasteiger partial charge is 0.468 e. The number of pyridine rings is 1. The van der Waals surface area contributed by atoms with Crippen LogP contribution in [0.5, 0.6) is 0 Å². The third kappa shape index (κ3) is 2.04. The van der Waals surface area contributed by atoms with Crippen molar-refractivity contribution in [3.8, 4) is 11.8 Å². The normalized spacial score (nSPS) is 9.56. The Labute approximate surface area is 92.6 Å². The molecule has 2 rings (SSSR count). The van der Waals surface area contributed by atoms with Gasteiger partial charge >= 0.3 is 5.97 Å². The number of hydrogen-bond donors (Lipinski definition) is 1. The monoisotopic (exact) mass is 214 g/mol. The van der Waals surface area contributed by atoms with Gasteiger partial charge in [-0.05, 0) is 12.1 Å². The molecule has 1 N–H and O–H groups in total. The third-order valence-corrected chi connectivity index (χ3v) is 2.14. The molecule has 0 fully saturated rings. The molecule has 0 radical (unpaired) electrons. The van der Waals surface area contributed by atoms with Crippen LogP contribution < -0.4 is 0 Å². The summed E-state index contributed by atoms with van der Waals surface area (Å²) < 4.78 is 4.50. The summed E-state index contributed by atoms with van der Waals surface area (Å²) in [7, 11) is 1.35. The van der Waals surface area contributed by atoms with Gasteiger partial charge in [-0.3, -0.25) is 4.79 Å². The lowest BCUT2D eigenvalue weighted by Gasteiger charge is -1.93. The average molecular weight is 214 g/mol. The standard InChI is InChI=1S/C12H10N2O2/c1-16-11(15)4-2-3-9-5-7-13-12-10(9)6-8-14-12/h5-8H,4H2,1H3,(H,13,14). The number of fused-ring (bicyclic) bond motifs is 1. The number of nitrogens with one attached hydrogen (secondary N) is 1. The van der Waals surface area contributed by atoms with E-state index in [-0.39, 0.29) is 12.4 Å². The van der Waals surface area contributed by atoms with Crippen molar-refractivity contribution >= 4 is 17.0 Å². The zero-order valence-electron chi connectivity index (χ0n) is 8.78. The number of nitrogens with zero attached hydrogens (tertiary/aromatic N) is 1. The summed E-state index contributed by atoms with van der Waals surface area (Å²) in [6.07, 6.45) is 3.59. The highest BCUT2D eigenvalue weighted by molar-refractivity contribution is 5.82. The summed E-state index contributed by atoms with van der Waals surface area (Å²) in [6, 6.07) is 3.73. The number of aromatic nitrogens is 2. The van der Waals surface area contributed by atoms with Crippen LogP contribution in [0.3, 0.4) is 0 Å². The third-order valence-electron chi connectivity index (χ3n) is 2.14. The molecule has 0 spiro atoms. The first-order valence-electron chi connectivity index (χ1n) is 4.79. The van der Waals surface area contributed by atoms with Gasteiger partial charge in [0.25, 0.3) is 0 Å². The van der Waals surface area contributed by atoms with Crippen LogP contribution in [-0.4, -0.2) is 23.0 Å². The molecule has 0 aliphatic carbocycles. The van der Waals surface area contributed by atoms with E-state index in [0.717, 1.165) is 16.6 Å². The van der Waals surface area contributed by atoms with Crippen LogP contribution in [0.2, 0.25) is 0 Å². The molecule has 16 heavy (non-hydrogen) atoms. The molecule has 0 bridgehead atoms. The van der Waals surface area contributed by atoms with Crippen molar-refractivity contribution in [2.75, 3.05) is 7.11 Å². The smallest absolute Gasteiger partial charge is 0.317 e. The van der Waals surface area contributed by atoms with Gasteiger partial charge in [0.2, 0.25) is 0 Å². The quantitative estimate of drug-likeness (QED) is 0.577. The molecule has 0 saturated heterocycles. The predicted molar refractivity (Wildman–Crippen MR) is 59.6 cm³/mol. The van der Waals surface area contributed by atoms with Crippen LogP contribution in [0, 0.1) is 11.8 Å². The Morgan fingerprint density at radius 1 is 1.56 bits per heavy atom. The molecule has 0 unspecified atom stereocenters. The lowest BCUT2D eigenvalue weighted by Crippen LogP contribution is -1.97. The molecule has 2 heterocycles. The maximum Gasteiger partial charge on any atom is 0.317 e. The van der Waals surface area contributed by atoms with E-state index in [2.05, 4.69) is 26.5 Å². The minimum absolute atomic E-state index is 0.102. The highest BCUT2D eigenvalue weighted by Crippen LogP contribution is 2.13. The molecule has 2 aromatic rings. The Morgan fingerprint density at radius 3 is 3.25 bits per heavy atom. The number of esters is 1. The van der Waals surface area contributed by atoms with E-state index < -0.39 is 0 Å². The van der Waals surface area contributed by atoms with E-state index >= 15 is 0 Å². The first kappa shape index (κ1) is 10.2. The van der Waals surface area contributed by atoms with Crippen molar-refractivity contribution in [3.63, 3.8) is 0 Å². The average Bonchev–Trinajstić information content (AvgIpc) is 2.77. The maximum atomic E-state index is 10.9. The van der Waals surface area contributed by atoms with Crippen molar-refractivity contribution in [3.05, 3.63) is 30.1 Å². The minimum Gasteiger partial charge on any atom is -0.468 e. The van der Waals surface area contributed by atoms with Crippen molar-refractivity contribution in [2.24, 2.45) is 0 Å². The molecule has 4 nitrogen and oxygen atoms in total. The van der Waals surface area contributed by atoms with Crippen LogP contribution in [0.1, 0.15) is 12.0 Å². The molecule has 0 aromatic carbocycles. The van der Waals surface area contributed by atoms with Crippen LogP contribution >= 0.6 is 0 Å². The summed E-state index contributed by atoms with van der Waals surface area (Å²) >= 11 is 0. The van der Waals surface area contributed by atoms with Gasteiger partial charge in [-0.1, -0.05) is 11.8 Å². The molecular formula is C12H10N2O2. The Morgan fingerprint density at radius 2 is 2.44 bits per heavy atom. The van der Waals surface area contributed by atoms with Crippen LogP contribution in [0.4, 0.5) is 0 Å². The first-order valence-corrected chi connectivity index (χ1v) is 4.79. The molecular weight excluding hydrogens is 204 g/mol. The van der Waals surface area contributed by atoms with Crippen molar-refractivity contribution in [1.82, 2.24) is 9.97 Å². The number of methoxy groups -OCH3 is 1. The van der Waals surface area contributed by atoms with Crippen molar-refractivity contribution < 1.29 is 9.53 Å². The highest BCUT2D eigenvalue weighted by Gasteiger charge is 1.99. The van der Waals surface area contributed by atoms with Crippen molar-refractivity contribution in [1.29, 1.82) is 0 Å². The predicted octanol–water partition coefficient (Wildman–Crippen LogP) is 1.48. The molecule has 4 heteroatoms. The van der Waals surface area contributed by atoms with Gasteiger partial charge in [0, 0.05) is 23.3 Å². The van der Waals surface area contributed by atoms with Gasteiger partial charge in [0.1, 0.15) is 12.1 Å². The van der Waals surface area contributed by atoms with Crippen LogP contribution in [0.25, 0.3) is 11.0 Å². The fourth-order valence-corrected chi connectivity index (χ4v) is 1.35. The van der Waals surface area contributed by atoms with Gasteiger partial charge in [0.15, 0.2) is 0 Å². The number of carbonyl (C=O) groups is 1. The SMILES string of the molecule is COC(=O)CC#Cc1ccnc2[nH]ccc12. The fourth-order valence-electron chi connectivity index (χ4n) is 1.35. The zero-order chi connectivity index (χ0) is 11.4. The molecule has 0 saturated carbocycles. The lowest BCUT2D eigenvalue weighted by molar-refractivity contribution is -0.139. The molecule has 80 valence electrons. The zero-order valence-corrected chi connectivity index (χ0v) is 8.78. The Hall–Kier alpha value is -2.28. The van der Waals surface area contributed by atoms with E-state index in [1.807, 2.05) is 18.3 Å². The number of H-pyrrole nitrogens is 1. The number of carbonyl (C=O) groups excluding carboxylic acids is 1. The lowest BCUT2D eigenvalue weighted by atomic mass is 10.2. The summed E-state index contributed by atoms with van der Waals surface area (Å²) in [5.41, 5.74) is 1.65. The van der Waals surface area contributed by atoms with E-state index in [4.69, 9.17) is 0 Å². The van der Waals surface area contributed by atoms with Crippen molar-refractivity contribution in [2.45, 2.75) is 6.42 Å². The topological polar surface area (TPSA) is 55.0 Å². The maximum absolute atomic E-state index is 10.9. The van der Waals surface area contributed by atoms with Crippen LogP contribution in [0.15, 0.2) is 24.5 Å². The minimum atomic E-state index is -0.327. The van der Waals surface area contributed by atoms with Gasteiger partial charge in [-0.2, -0.15) is 0 Å². The van der Waals surface area contributed by atoms with Gasteiger partial charge in [-0.25, -0.2) is 4.98 Å². The summed E-state index contributed by atoms with van der Waals surface area (Å²) in [5, 5.41) is 0.958. The fraction of sp³-hybridized carbons (Fsp3) is 0.167. The molecule has 2 aromatic heterocycles. The van der Waals surface area contributed by atoms with Crippen LogP contribution in [-0.2, 0) is 9.53 Å².